The highest BCUT2D eigenvalue weighted by Crippen LogP contribution is 2.36. The van der Waals surface area contributed by atoms with Crippen LogP contribution in [0.5, 0.6) is 0 Å². The van der Waals surface area contributed by atoms with E-state index < -0.39 is 22.3 Å². The molecule has 1 heterocycles. The van der Waals surface area contributed by atoms with Crippen molar-refractivity contribution in [1.29, 1.82) is 5.26 Å². The molecule has 0 spiro atoms. The molecule has 3 nitrogen and oxygen atoms in total. The van der Waals surface area contributed by atoms with Gasteiger partial charge in [0.25, 0.3) is 0 Å². The summed E-state index contributed by atoms with van der Waals surface area (Å²) in [6.07, 6.45) is 2.27. The lowest BCUT2D eigenvalue weighted by Crippen LogP contribution is -2.02. The van der Waals surface area contributed by atoms with Crippen LogP contribution in [-0.2, 0) is 0 Å². The van der Waals surface area contributed by atoms with Gasteiger partial charge in [0.2, 0.25) is 0 Å². The molecule has 0 aliphatic carbocycles. The van der Waals surface area contributed by atoms with Gasteiger partial charge in [-0.25, -0.2) is 9.97 Å². The monoisotopic (exact) mass is 205 g/mol. The predicted molar refractivity (Wildman–Crippen MR) is 38.7 cm³/mol. The summed E-state index contributed by atoms with van der Waals surface area (Å²) in [6, 6.07) is 1.52. The largest absolute Gasteiger partial charge is 0.447 e. The lowest BCUT2D eigenvalue weighted by Gasteiger charge is -2.04. The molecule has 0 fully saturated rings. The van der Waals surface area contributed by atoms with Crippen LogP contribution in [0.15, 0.2) is 17.4 Å². The third kappa shape index (κ3) is 2.91. The number of hydrogen-bond donors (Lipinski definition) is 0. The summed E-state index contributed by atoms with van der Waals surface area (Å²) < 4.78 is 35.5. The highest BCUT2D eigenvalue weighted by Gasteiger charge is 2.31. The summed E-state index contributed by atoms with van der Waals surface area (Å²) in [5, 5.41) is 7.96. The number of halogens is 3. The van der Waals surface area contributed by atoms with Crippen molar-refractivity contribution in [3.8, 4) is 6.07 Å². The molecule has 0 saturated heterocycles. The molecule has 0 atom stereocenters. The first-order valence-electron chi connectivity index (χ1n) is 3.00. The molecule has 68 valence electrons. The average Bonchev–Trinajstić information content (AvgIpc) is 2.02. The van der Waals surface area contributed by atoms with E-state index in [-0.39, 0.29) is 5.69 Å². The Morgan fingerprint density at radius 3 is 2.46 bits per heavy atom. The van der Waals surface area contributed by atoms with E-state index >= 15 is 0 Å². The number of aromatic nitrogens is 2. The molecule has 13 heavy (non-hydrogen) atoms. The fourth-order valence-electron chi connectivity index (χ4n) is 0.586. The van der Waals surface area contributed by atoms with Gasteiger partial charge in [-0.1, -0.05) is 0 Å². The van der Waals surface area contributed by atoms with Gasteiger partial charge in [0.05, 0.1) is 0 Å². The summed E-state index contributed by atoms with van der Waals surface area (Å²) in [7, 11) is 0. The Labute approximate surface area is 75.6 Å². The molecule has 0 aromatic carbocycles. The van der Waals surface area contributed by atoms with Crippen LogP contribution in [0.4, 0.5) is 13.2 Å². The topological polar surface area (TPSA) is 49.6 Å². The molecule has 0 unspecified atom stereocenters. The molecule has 0 saturated carbocycles. The minimum Gasteiger partial charge on any atom is -0.245 e. The Hall–Kier alpha value is -1.29. The van der Waals surface area contributed by atoms with Crippen LogP contribution in [0, 0.1) is 11.3 Å². The van der Waals surface area contributed by atoms with Crippen molar-refractivity contribution in [3.63, 3.8) is 0 Å². The van der Waals surface area contributed by atoms with Crippen LogP contribution >= 0.6 is 11.8 Å². The third-order valence-electron chi connectivity index (χ3n) is 0.983. The first kappa shape index (κ1) is 9.80. The van der Waals surface area contributed by atoms with E-state index in [2.05, 4.69) is 9.97 Å². The summed E-state index contributed by atoms with van der Waals surface area (Å²) in [5.74, 6) is 0. The van der Waals surface area contributed by atoms with Crippen molar-refractivity contribution in [1.82, 2.24) is 9.97 Å². The van der Waals surface area contributed by atoms with Crippen LogP contribution in [0.3, 0.4) is 0 Å². The molecule has 7 heteroatoms. The zero-order valence-electron chi connectivity index (χ0n) is 6.04. The van der Waals surface area contributed by atoms with Gasteiger partial charge in [-0.3, -0.25) is 0 Å². The number of thioether (sulfide) groups is 1. The zero-order valence-corrected chi connectivity index (χ0v) is 6.85. The number of nitriles is 1. The van der Waals surface area contributed by atoms with Crippen molar-refractivity contribution in [3.05, 3.63) is 18.1 Å². The van der Waals surface area contributed by atoms with Crippen LogP contribution in [0.25, 0.3) is 0 Å². The fourth-order valence-corrected chi connectivity index (χ4v) is 1.11. The number of rotatable bonds is 1. The summed E-state index contributed by atoms with van der Waals surface area (Å²) >= 11 is -0.444. The van der Waals surface area contributed by atoms with E-state index in [0.29, 0.717) is 0 Å². The Morgan fingerprint density at radius 2 is 1.92 bits per heavy atom. The zero-order chi connectivity index (χ0) is 9.90. The fraction of sp³-hybridized carbons (Fsp3) is 0.167. The summed E-state index contributed by atoms with van der Waals surface area (Å²) in [6.45, 7) is 0. The average molecular weight is 205 g/mol. The van der Waals surface area contributed by atoms with Gasteiger partial charge in [-0.15, -0.1) is 0 Å². The van der Waals surface area contributed by atoms with E-state index in [1.54, 1.807) is 0 Å². The van der Waals surface area contributed by atoms with E-state index in [9.17, 15) is 13.2 Å². The molecule has 1 aromatic heterocycles. The molecule has 0 aliphatic heterocycles. The van der Waals surface area contributed by atoms with Gasteiger partial charge >= 0.3 is 5.51 Å². The van der Waals surface area contributed by atoms with Crippen LogP contribution < -0.4 is 0 Å². The second kappa shape index (κ2) is 3.62. The quantitative estimate of drug-likeness (QED) is 0.657. The molecule has 0 aliphatic rings. The molecular formula is C6H2F3N3S. The summed E-state index contributed by atoms with van der Waals surface area (Å²) in [4.78, 5) is 6.83. The van der Waals surface area contributed by atoms with Crippen molar-refractivity contribution < 1.29 is 13.2 Å². The standard InChI is InChI=1S/C6H2F3N3S/c7-6(8,9)13-5-4(3-10)11-1-2-12-5/h1-2H. The van der Waals surface area contributed by atoms with Crippen molar-refractivity contribution in [2.75, 3.05) is 0 Å². The van der Waals surface area contributed by atoms with E-state index in [4.69, 9.17) is 5.26 Å². The molecule has 1 aromatic rings. The lowest BCUT2D eigenvalue weighted by atomic mass is 10.5. The molecule has 0 bridgehead atoms. The Balaban J connectivity index is 2.96. The third-order valence-corrected chi connectivity index (χ3v) is 1.71. The maximum absolute atomic E-state index is 11.8. The van der Waals surface area contributed by atoms with Gasteiger partial charge in [0.15, 0.2) is 5.69 Å². The minimum atomic E-state index is -4.44. The van der Waals surface area contributed by atoms with Gasteiger partial charge in [-0.05, 0) is 0 Å². The molecule has 0 amide bonds. The molecular weight excluding hydrogens is 203 g/mol. The van der Waals surface area contributed by atoms with Gasteiger partial charge in [-0.2, -0.15) is 18.4 Å². The number of nitrogens with zero attached hydrogens (tertiary/aromatic N) is 3. The highest BCUT2D eigenvalue weighted by molar-refractivity contribution is 8.00. The van der Waals surface area contributed by atoms with Crippen molar-refractivity contribution in [2.24, 2.45) is 0 Å². The summed E-state index contributed by atoms with van der Waals surface area (Å²) in [5.41, 5.74) is -4.76. The minimum absolute atomic E-state index is 0.315. The molecule has 0 N–H and O–H groups in total. The number of alkyl halides is 3. The van der Waals surface area contributed by atoms with Crippen molar-refractivity contribution >= 4 is 11.8 Å². The van der Waals surface area contributed by atoms with Crippen LogP contribution in [0.1, 0.15) is 5.69 Å². The normalized spacial score (nSPS) is 10.9. The molecule has 1 rings (SSSR count). The second-order valence-electron chi connectivity index (χ2n) is 1.87. The number of hydrogen-bond acceptors (Lipinski definition) is 4. The SMILES string of the molecule is N#Cc1nccnc1SC(F)(F)F. The van der Waals surface area contributed by atoms with Crippen molar-refractivity contribution in [2.45, 2.75) is 10.5 Å². The maximum Gasteiger partial charge on any atom is 0.447 e. The van der Waals surface area contributed by atoms with Gasteiger partial charge in [0.1, 0.15) is 11.1 Å². The lowest BCUT2D eigenvalue weighted by molar-refractivity contribution is -0.0329. The maximum atomic E-state index is 11.8. The Bertz CT molecular complexity index is 344. The van der Waals surface area contributed by atoms with Crippen LogP contribution in [-0.4, -0.2) is 15.5 Å². The Kier molecular flexibility index (Phi) is 2.72. The van der Waals surface area contributed by atoms with E-state index in [0.717, 1.165) is 6.20 Å². The highest BCUT2D eigenvalue weighted by atomic mass is 32.2. The van der Waals surface area contributed by atoms with E-state index in [1.165, 1.54) is 12.3 Å². The Morgan fingerprint density at radius 1 is 1.31 bits per heavy atom. The van der Waals surface area contributed by atoms with E-state index in [1.807, 2.05) is 0 Å². The van der Waals surface area contributed by atoms with Gasteiger partial charge in [0, 0.05) is 24.2 Å². The second-order valence-corrected chi connectivity index (χ2v) is 2.92. The predicted octanol–water partition coefficient (Wildman–Crippen LogP) is 1.96. The molecule has 0 radical (unpaired) electrons. The first-order valence-corrected chi connectivity index (χ1v) is 3.81. The first-order chi connectivity index (χ1) is 6.03. The van der Waals surface area contributed by atoms with Crippen LogP contribution in [0.2, 0.25) is 0 Å². The van der Waals surface area contributed by atoms with Gasteiger partial charge < -0.3 is 0 Å². The smallest absolute Gasteiger partial charge is 0.245 e.